The Hall–Kier alpha value is -3.12. The van der Waals surface area contributed by atoms with Crippen LogP contribution in [0, 0.1) is 0 Å². The molecular formula is C30H30. The van der Waals surface area contributed by atoms with E-state index in [1.807, 2.05) is 0 Å². The number of aryl methyl sites for hydroxylation is 3. The van der Waals surface area contributed by atoms with E-state index >= 15 is 0 Å². The van der Waals surface area contributed by atoms with Crippen LogP contribution in [0.5, 0.6) is 0 Å². The van der Waals surface area contributed by atoms with Crippen molar-refractivity contribution in [2.24, 2.45) is 0 Å². The molecule has 4 aromatic carbocycles. The summed E-state index contributed by atoms with van der Waals surface area (Å²) in [6.07, 6.45) is 3.16. The van der Waals surface area contributed by atoms with Crippen molar-refractivity contribution >= 4 is 0 Å². The molecule has 0 heteroatoms. The molecule has 0 saturated carbocycles. The second-order valence-corrected chi connectivity index (χ2v) is 7.96. The van der Waals surface area contributed by atoms with E-state index in [9.17, 15) is 0 Å². The molecule has 0 aliphatic heterocycles. The molecule has 150 valence electrons. The van der Waals surface area contributed by atoms with Crippen LogP contribution in [-0.4, -0.2) is 0 Å². The molecule has 4 rings (SSSR count). The molecule has 0 fully saturated rings. The van der Waals surface area contributed by atoms with Gasteiger partial charge in [-0.1, -0.05) is 93.6 Å². The van der Waals surface area contributed by atoms with Crippen LogP contribution in [0.1, 0.15) is 37.5 Å². The van der Waals surface area contributed by atoms with Crippen molar-refractivity contribution in [2.75, 3.05) is 0 Å². The third kappa shape index (κ3) is 4.39. The molecular weight excluding hydrogens is 360 g/mol. The molecule has 0 atom stereocenters. The molecule has 0 amide bonds. The largest absolute Gasteiger partial charge is 0.0614 e. The molecule has 0 aromatic heterocycles. The number of rotatable bonds is 6. The predicted molar refractivity (Wildman–Crippen MR) is 131 cm³/mol. The highest BCUT2D eigenvalue weighted by molar-refractivity contribution is 5.81. The van der Waals surface area contributed by atoms with Gasteiger partial charge in [-0.25, -0.2) is 0 Å². The van der Waals surface area contributed by atoms with Crippen LogP contribution in [0.4, 0.5) is 0 Å². The van der Waals surface area contributed by atoms with Crippen LogP contribution in [-0.2, 0) is 19.3 Å². The highest BCUT2D eigenvalue weighted by atomic mass is 14.1. The van der Waals surface area contributed by atoms with Crippen LogP contribution in [0.2, 0.25) is 0 Å². The van der Waals surface area contributed by atoms with Crippen LogP contribution in [0.25, 0.3) is 33.4 Å². The standard InChI is InChI=1S/C30H30/c1-4-22-10-7-13-25(16-22)28-19-29(26-14-8-11-23(5-2)17-26)21-30(20-28)27-15-9-12-24(6-3)18-27/h7-21H,4-6H2,1-3H3. The molecule has 0 aliphatic carbocycles. The first kappa shape index (κ1) is 20.2. The van der Waals surface area contributed by atoms with Gasteiger partial charge < -0.3 is 0 Å². The first-order chi connectivity index (χ1) is 14.7. The van der Waals surface area contributed by atoms with Crippen LogP contribution in [0.15, 0.2) is 91.0 Å². The summed E-state index contributed by atoms with van der Waals surface area (Å²) in [4.78, 5) is 0. The minimum atomic E-state index is 1.05. The Morgan fingerprint density at radius 2 is 0.667 bits per heavy atom. The maximum Gasteiger partial charge on any atom is -0.0172 e. The van der Waals surface area contributed by atoms with Crippen molar-refractivity contribution < 1.29 is 0 Å². The lowest BCUT2D eigenvalue weighted by atomic mass is 9.91. The first-order valence-corrected chi connectivity index (χ1v) is 11.1. The van der Waals surface area contributed by atoms with Gasteiger partial charge in [-0.05, 0) is 87.5 Å². The van der Waals surface area contributed by atoms with Crippen molar-refractivity contribution in [1.82, 2.24) is 0 Å². The second-order valence-electron chi connectivity index (χ2n) is 7.96. The van der Waals surface area contributed by atoms with Crippen LogP contribution < -0.4 is 0 Å². The fraction of sp³-hybridized carbons (Fsp3) is 0.200. The van der Waals surface area contributed by atoms with Gasteiger partial charge >= 0.3 is 0 Å². The summed E-state index contributed by atoms with van der Waals surface area (Å²) in [5.74, 6) is 0. The minimum absolute atomic E-state index is 1.05. The van der Waals surface area contributed by atoms with Crippen molar-refractivity contribution in [2.45, 2.75) is 40.0 Å². The van der Waals surface area contributed by atoms with Crippen molar-refractivity contribution in [3.63, 3.8) is 0 Å². The molecule has 0 spiro atoms. The summed E-state index contributed by atoms with van der Waals surface area (Å²) in [6.45, 7) is 6.65. The van der Waals surface area contributed by atoms with E-state index in [1.165, 1.54) is 50.1 Å². The average molecular weight is 391 g/mol. The van der Waals surface area contributed by atoms with E-state index in [4.69, 9.17) is 0 Å². The maximum atomic E-state index is 2.34. The third-order valence-corrected chi connectivity index (χ3v) is 5.94. The smallest absolute Gasteiger partial charge is 0.0172 e. The fourth-order valence-electron chi connectivity index (χ4n) is 4.04. The van der Waals surface area contributed by atoms with E-state index in [1.54, 1.807) is 0 Å². The topological polar surface area (TPSA) is 0 Å². The Balaban J connectivity index is 1.91. The number of hydrogen-bond donors (Lipinski definition) is 0. The summed E-state index contributed by atoms with van der Waals surface area (Å²) < 4.78 is 0. The molecule has 0 saturated heterocycles. The fourth-order valence-corrected chi connectivity index (χ4v) is 4.04. The monoisotopic (exact) mass is 390 g/mol. The van der Waals surface area contributed by atoms with Crippen LogP contribution >= 0.6 is 0 Å². The maximum absolute atomic E-state index is 2.34. The third-order valence-electron chi connectivity index (χ3n) is 5.94. The van der Waals surface area contributed by atoms with E-state index in [2.05, 4.69) is 112 Å². The lowest BCUT2D eigenvalue weighted by Gasteiger charge is -2.13. The Morgan fingerprint density at radius 1 is 0.367 bits per heavy atom. The van der Waals surface area contributed by atoms with Gasteiger partial charge in [-0.15, -0.1) is 0 Å². The molecule has 0 heterocycles. The Bertz CT molecular complexity index is 991. The van der Waals surface area contributed by atoms with Gasteiger partial charge in [0.1, 0.15) is 0 Å². The molecule has 0 N–H and O–H groups in total. The predicted octanol–water partition coefficient (Wildman–Crippen LogP) is 8.37. The molecule has 30 heavy (non-hydrogen) atoms. The van der Waals surface area contributed by atoms with Crippen LogP contribution in [0.3, 0.4) is 0 Å². The van der Waals surface area contributed by atoms with E-state index in [0.717, 1.165) is 19.3 Å². The van der Waals surface area contributed by atoms with Gasteiger partial charge in [0.05, 0.1) is 0 Å². The van der Waals surface area contributed by atoms with E-state index in [-0.39, 0.29) is 0 Å². The lowest BCUT2D eigenvalue weighted by molar-refractivity contribution is 1.14. The first-order valence-electron chi connectivity index (χ1n) is 11.1. The minimum Gasteiger partial charge on any atom is -0.0614 e. The van der Waals surface area contributed by atoms with Gasteiger partial charge in [0.15, 0.2) is 0 Å². The Kier molecular flexibility index (Phi) is 6.14. The zero-order chi connectivity index (χ0) is 20.9. The van der Waals surface area contributed by atoms with Crippen molar-refractivity contribution in [3.05, 3.63) is 108 Å². The highest BCUT2D eigenvalue weighted by Gasteiger charge is 2.09. The summed E-state index contributed by atoms with van der Waals surface area (Å²) in [5.41, 5.74) is 11.8. The molecule has 0 bridgehead atoms. The van der Waals surface area contributed by atoms with Gasteiger partial charge in [0.25, 0.3) is 0 Å². The molecule has 0 aliphatic rings. The van der Waals surface area contributed by atoms with Crippen molar-refractivity contribution in [1.29, 1.82) is 0 Å². The molecule has 0 unspecified atom stereocenters. The van der Waals surface area contributed by atoms with Crippen molar-refractivity contribution in [3.8, 4) is 33.4 Å². The Labute approximate surface area is 181 Å². The van der Waals surface area contributed by atoms with E-state index < -0.39 is 0 Å². The normalized spacial score (nSPS) is 10.9. The summed E-state index contributed by atoms with van der Waals surface area (Å²) in [5, 5.41) is 0. The molecule has 0 nitrogen and oxygen atoms in total. The summed E-state index contributed by atoms with van der Waals surface area (Å²) in [7, 11) is 0. The Morgan fingerprint density at radius 3 is 0.933 bits per heavy atom. The molecule has 4 aromatic rings. The second kappa shape index (κ2) is 9.13. The van der Waals surface area contributed by atoms with Gasteiger partial charge in [-0.3, -0.25) is 0 Å². The highest BCUT2D eigenvalue weighted by Crippen LogP contribution is 2.34. The van der Waals surface area contributed by atoms with Gasteiger partial charge in [0.2, 0.25) is 0 Å². The summed E-state index contributed by atoms with van der Waals surface area (Å²) in [6, 6.07) is 33.9. The zero-order valence-corrected chi connectivity index (χ0v) is 18.3. The number of benzene rings is 4. The molecule has 0 radical (unpaired) electrons. The van der Waals surface area contributed by atoms with Gasteiger partial charge in [0, 0.05) is 0 Å². The van der Waals surface area contributed by atoms with E-state index in [0.29, 0.717) is 0 Å². The van der Waals surface area contributed by atoms with Gasteiger partial charge in [-0.2, -0.15) is 0 Å². The lowest BCUT2D eigenvalue weighted by Crippen LogP contribution is -1.89. The average Bonchev–Trinajstić information content (AvgIpc) is 2.83. The zero-order valence-electron chi connectivity index (χ0n) is 18.3. The quantitative estimate of drug-likeness (QED) is 0.310. The number of hydrogen-bond acceptors (Lipinski definition) is 0. The SMILES string of the molecule is CCc1cccc(-c2cc(-c3cccc(CC)c3)cc(-c3cccc(CC)c3)c2)c1. The summed E-state index contributed by atoms with van der Waals surface area (Å²) >= 11 is 0.